The molecule has 5 heteroatoms. The summed E-state index contributed by atoms with van der Waals surface area (Å²) in [5.74, 6) is -0.685. The van der Waals surface area contributed by atoms with E-state index in [1.807, 2.05) is 0 Å². The van der Waals surface area contributed by atoms with Crippen LogP contribution in [-0.4, -0.2) is 40.0 Å². The molecule has 2 atom stereocenters. The zero-order chi connectivity index (χ0) is 11.1. The van der Waals surface area contributed by atoms with Gasteiger partial charge < -0.3 is 9.84 Å². The van der Waals surface area contributed by atoms with E-state index in [0.29, 0.717) is 18.8 Å². The van der Waals surface area contributed by atoms with Gasteiger partial charge in [0.2, 0.25) is 0 Å². The first-order valence-corrected chi connectivity index (χ1v) is 5.97. The van der Waals surface area contributed by atoms with Crippen molar-refractivity contribution in [3.8, 4) is 0 Å². The number of hydrogen-bond acceptors (Lipinski definition) is 3. The van der Waals surface area contributed by atoms with Crippen LogP contribution in [-0.2, 0) is 20.3 Å². The zero-order valence-electron chi connectivity index (χ0n) is 8.86. The molecule has 0 aromatic rings. The second-order valence-electron chi connectivity index (χ2n) is 3.43. The van der Waals surface area contributed by atoms with Gasteiger partial charge in [0.25, 0.3) is 0 Å². The summed E-state index contributed by atoms with van der Waals surface area (Å²) in [4.78, 5) is 10.8. The van der Waals surface area contributed by atoms with Gasteiger partial charge >= 0.3 is 5.97 Å². The van der Waals surface area contributed by atoms with Crippen LogP contribution < -0.4 is 0 Å². The summed E-state index contributed by atoms with van der Waals surface area (Å²) >= 11 is 0. The molecule has 0 heterocycles. The van der Waals surface area contributed by atoms with Crippen molar-refractivity contribution in [1.82, 2.24) is 0 Å². The lowest BCUT2D eigenvalue weighted by molar-refractivity contribution is -0.137. The maximum Gasteiger partial charge on any atom is 0.319 e. The molecule has 2 unspecified atom stereocenters. The van der Waals surface area contributed by atoms with Crippen LogP contribution in [0.15, 0.2) is 0 Å². The smallest absolute Gasteiger partial charge is 0.319 e. The average molecular weight is 222 g/mol. The van der Waals surface area contributed by atoms with Crippen LogP contribution in [0.5, 0.6) is 0 Å². The molecule has 0 amide bonds. The molecule has 0 aliphatic carbocycles. The summed E-state index contributed by atoms with van der Waals surface area (Å²) < 4.78 is 16.4. The highest BCUT2D eigenvalue weighted by molar-refractivity contribution is 7.86. The van der Waals surface area contributed by atoms with E-state index < -0.39 is 22.0 Å². The second-order valence-corrected chi connectivity index (χ2v) is 5.11. The summed E-state index contributed by atoms with van der Waals surface area (Å²) in [6.07, 6.45) is 0.639. The lowest BCUT2D eigenvalue weighted by Crippen LogP contribution is -2.32. The molecular formula is C9H18O4S. The van der Waals surface area contributed by atoms with Crippen LogP contribution in [0.4, 0.5) is 0 Å². The van der Waals surface area contributed by atoms with Gasteiger partial charge in [0.15, 0.2) is 0 Å². The molecule has 4 nitrogen and oxygen atoms in total. The van der Waals surface area contributed by atoms with Gasteiger partial charge in [-0.15, -0.1) is 0 Å². The fourth-order valence-corrected chi connectivity index (χ4v) is 2.66. The quantitative estimate of drug-likeness (QED) is 0.649. The SMILES string of the molecule is COCCCS(=O)C(C(=O)O)C(C)C. The Balaban J connectivity index is 4.10. The first-order chi connectivity index (χ1) is 6.50. The van der Waals surface area contributed by atoms with Crippen molar-refractivity contribution in [2.45, 2.75) is 25.5 Å². The third kappa shape index (κ3) is 4.72. The van der Waals surface area contributed by atoms with Crippen LogP contribution in [0.25, 0.3) is 0 Å². The molecule has 1 N–H and O–H groups in total. The molecule has 0 rings (SSSR count). The number of carboxylic acids is 1. The molecule has 14 heavy (non-hydrogen) atoms. The molecule has 0 aliphatic heterocycles. The van der Waals surface area contributed by atoms with Crippen LogP contribution >= 0.6 is 0 Å². The van der Waals surface area contributed by atoms with Crippen LogP contribution in [0.1, 0.15) is 20.3 Å². The van der Waals surface area contributed by atoms with E-state index in [9.17, 15) is 9.00 Å². The predicted molar refractivity (Wildman–Crippen MR) is 55.8 cm³/mol. The van der Waals surface area contributed by atoms with Crippen LogP contribution in [0, 0.1) is 5.92 Å². The van der Waals surface area contributed by atoms with Crippen molar-refractivity contribution >= 4 is 16.8 Å². The predicted octanol–water partition coefficient (Wildman–Crippen LogP) is 0.881. The van der Waals surface area contributed by atoms with E-state index in [1.54, 1.807) is 21.0 Å². The van der Waals surface area contributed by atoms with Gasteiger partial charge in [0, 0.05) is 30.3 Å². The van der Waals surface area contributed by atoms with Gasteiger partial charge in [-0.1, -0.05) is 13.8 Å². The highest BCUT2D eigenvalue weighted by Gasteiger charge is 2.27. The normalized spacial score (nSPS) is 15.4. The lowest BCUT2D eigenvalue weighted by atomic mass is 10.1. The summed E-state index contributed by atoms with van der Waals surface area (Å²) in [7, 11) is 0.270. The fourth-order valence-electron chi connectivity index (χ4n) is 1.17. The summed E-state index contributed by atoms with van der Waals surface area (Å²) in [5, 5.41) is 8.09. The number of carbonyl (C=O) groups is 1. The minimum absolute atomic E-state index is 0.101. The van der Waals surface area contributed by atoms with Gasteiger partial charge in [-0.3, -0.25) is 9.00 Å². The van der Waals surface area contributed by atoms with E-state index in [0.717, 1.165) is 0 Å². The van der Waals surface area contributed by atoms with Gasteiger partial charge in [-0.05, 0) is 12.3 Å². The highest BCUT2D eigenvalue weighted by Crippen LogP contribution is 2.10. The Kier molecular flexibility index (Phi) is 6.74. The Morgan fingerprint density at radius 3 is 2.43 bits per heavy atom. The maximum atomic E-state index is 11.6. The van der Waals surface area contributed by atoms with E-state index in [2.05, 4.69) is 0 Å². The van der Waals surface area contributed by atoms with E-state index in [-0.39, 0.29) is 5.92 Å². The lowest BCUT2D eigenvalue weighted by Gasteiger charge is -2.15. The largest absolute Gasteiger partial charge is 0.480 e. The number of carboxylic acid groups (broad SMARTS) is 1. The molecule has 0 aromatic carbocycles. The number of rotatable bonds is 7. The molecular weight excluding hydrogens is 204 g/mol. The minimum atomic E-state index is -1.30. The number of hydrogen-bond donors (Lipinski definition) is 1. The minimum Gasteiger partial charge on any atom is -0.480 e. The Morgan fingerprint density at radius 2 is 2.07 bits per heavy atom. The Labute approximate surface area is 87.1 Å². The standard InChI is InChI=1S/C9H18O4S/c1-7(2)8(9(10)11)14(12)6-4-5-13-3/h7-8H,4-6H2,1-3H3,(H,10,11). The van der Waals surface area contributed by atoms with Gasteiger partial charge in [-0.25, -0.2) is 0 Å². The number of aliphatic carboxylic acids is 1. The van der Waals surface area contributed by atoms with Crippen molar-refractivity contribution in [3.05, 3.63) is 0 Å². The van der Waals surface area contributed by atoms with Gasteiger partial charge in [0.1, 0.15) is 5.25 Å². The van der Waals surface area contributed by atoms with Crippen molar-refractivity contribution in [2.24, 2.45) is 5.92 Å². The Morgan fingerprint density at radius 1 is 1.50 bits per heavy atom. The Hall–Kier alpha value is -0.420. The van der Waals surface area contributed by atoms with Crippen LogP contribution in [0.3, 0.4) is 0 Å². The van der Waals surface area contributed by atoms with E-state index in [4.69, 9.17) is 9.84 Å². The second kappa shape index (κ2) is 6.95. The van der Waals surface area contributed by atoms with Crippen molar-refractivity contribution in [3.63, 3.8) is 0 Å². The summed E-state index contributed by atoms with van der Waals surface area (Å²) in [5.41, 5.74) is 0. The molecule has 0 spiro atoms. The number of methoxy groups -OCH3 is 1. The van der Waals surface area contributed by atoms with E-state index in [1.165, 1.54) is 0 Å². The first-order valence-electron chi connectivity index (χ1n) is 4.59. The van der Waals surface area contributed by atoms with Gasteiger partial charge in [0.05, 0.1) is 0 Å². The van der Waals surface area contributed by atoms with Gasteiger partial charge in [-0.2, -0.15) is 0 Å². The zero-order valence-corrected chi connectivity index (χ0v) is 9.67. The topological polar surface area (TPSA) is 63.6 Å². The molecule has 0 saturated carbocycles. The molecule has 0 aliphatic rings. The molecule has 0 radical (unpaired) electrons. The van der Waals surface area contributed by atoms with E-state index >= 15 is 0 Å². The average Bonchev–Trinajstić information content (AvgIpc) is 2.03. The molecule has 0 fully saturated rings. The summed E-state index contributed by atoms with van der Waals surface area (Å²) in [6.45, 7) is 4.07. The van der Waals surface area contributed by atoms with Crippen LogP contribution in [0.2, 0.25) is 0 Å². The monoisotopic (exact) mass is 222 g/mol. The molecule has 0 aromatic heterocycles. The fraction of sp³-hybridized carbons (Fsp3) is 0.889. The third-order valence-electron chi connectivity index (χ3n) is 1.83. The number of ether oxygens (including phenoxy) is 1. The highest BCUT2D eigenvalue weighted by atomic mass is 32.2. The molecule has 0 saturated heterocycles. The summed E-state index contributed by atoms with van der Waals surface area (Å²) in [6, 6.07) is 0. The first kappa shape index (κ1) is 13.6. The maximum absolute atomic E-state index is 11.6. The van der Waals surface area contributed by atoms with Crippen molar-refractivity contribution in [2.75, 3.05) is 19.5 Å². The Bertz CT molecular complexity index is 203. The molecule has 84 valence electrons. The molecule has 0 bridgehead atoms. The third-order valence-corrected chi connectivity index (χ3v) is 3.83. The van der Waals surface area contributed by atoms with Crippen molar-refractivity contribution < 1.29 is 18.8 Å². The van der Waals surface area contributed by atoms with Crippen molar-refractivity contribution in [1.29, 1.82) is 0 Å².